The summed E-state index contributed by atoms with van der Waals surface area (Å²) in [5, 5.41) is 3.74. The van der Waals surface area contributed by atoms with Crippen molar-refractivity contribution in [2.45, 2.75) is 26.2 Å². The fraction of sp³-hybridized carbons (Fsp3) is 0.389. The van der Waals surface area contributed by atoms with E-state index >= 15 is 0 Å². The lowest BCUT2D eigenvalue weighted by Gasteiger charge is -2.18. The number of amides is 1. The van der Waals surface area contributed by atoms with Crippen LogP contribution in [0.15, 0.2) is 12.1 Å². The van der Waals surface area contributed by atoms with Gasteiger partial charge in [-0.05, 0) is 38.3 Å². The van der Waals surface area contributed by atoms with Crippen LogP contribution in [-0.4, -0.2) is 30.6 Å². The summed E-state index contributed by atoms with van der Waals surface area (Å²) >= 11 is 13.6. The minimum Gasteiger partial charge on any atom is -0.494 e. The maximum absolute atomic E-state index is 12.7. The van der Waals surface area contributed by atoms with Gasteiger partial charge in [-0.1, -0.05) is 23.2 Å². The number of nitrogens with zero attached hydrogens (tertiary/aromatic N) is 1. The number of methoxy groups -OCH3 is 1. The molecule has 0 radical (unpaired) electrons. The van der Waals surface area contributed by atoms with Gasteiger partial charge in [-0.2, -0.15) is 0 Å². The number of anilines is 1. The Morgan fingerprint density at radius 1 is 1.33 bits per heavy atom. The molecule has 2 aromatic rings. The van der Waals surface area contributed by atoms with Crippen LogP contribution in [0.4, 0.5) is 5.13 Å². The Hall–Kier alpha value is -1.83. The number of carbonyl (C=O) groups is 2. The highest BCUT2D eigenvalue weighted by atomic mass is 35.5. The van der Waals surface area contributed by atoms with Crippen molar-refractivity contribution in [1.82, 2.24) is 4.98 Å². The Balaban J connectivity index is 1.78. The smallest absolute Gasteiger partial charge is 0.309 e. The van der Waals surface area contributed by atoms with Gasteiger partial charge in [-0.3, -0.25) is 14.9 Å². The zero-order valence-electron chi connectivity index (χ0n) is 14.8. The molecule has 6 nitrogen and oxygen atoms in total. The second-order valence-corrected chi connectivity index (χ2v) is 7.87. The molecule has 144 valence electrons. The predicted octanol–water partition coefficient (Wildman–Crippen LogP) is 4.38. The molecule has 0 bridgehead atoms. The minimum atomic E-state index is -0.451. The van der Waals surface area contributed by atoms with E-state index in [0.717, 1.165) is 10.6 Å². The van der Waals surface area contributed by atoms with E-state index in [2.05, 4.69) is 10.3 Å². The van der Waals surface area contributed by atoms with E-state index < -0.39 is 5.91 Å². The van der Waals surface area contributed by atoms with Crippen LogP contribution in [0.3, 0.4) is 0 Å². The number of aromatic nitrogens is 1. The molecule has 0 saturated heterocycles. The molecule has 1 aliphatic rings. The van der Waals surface area contributed by atoms with Gasteiger partial charge in [-0.25, -0.2) is 4.98 Å². The normalized spacial score (nSPS) is 15.8. The van der Waals surface area contributed by atoms with Gasteiger partial charge in [0.05, 0.1) is 35.4 Å². The molecule has 0 aliphatic heterocycles. The molecule has 1 aliphatic carbocycles. The topological polar surface area (TPSA) is 77.5 Å². The quantitative estimate of drug-likeness (QED) is 0.714. The van der Waals surface area contributed by atoms with Gasteiger partial charge >= 0.3 is 5.97 Å². The van der Waals surface area contributed by atoms with Crippen molar-refractivity contribution in [3.8, 4) is 5.75 Å². The Kier molecular flexibility index (Phi) is 6.24. The SMILES string of the molecule is CCOC(=O)C1CCc2nc(NC(=O)c3c(Cl)ccc(Cl)c3OC)sc2C1. The highest BCUT2D eigenvalue weighted by Crippen LogP contribution is 2.36. The van der Waals surface area contributed by atoms with Crippen molar-refractivity contribution in [2.75, 3.05) is 19.0 Å². The van der Waals surface area contributed by atoms with Crippen LogP contribution >= 0.6 is 34.5 Å². The lowest BCUT2D eigenvalue weighted by molar-refractivity contribution is -0.148. The van der Waals surface area contributed by atoms with Crippen LogP contribution in [0, 0.1) is 5.92 Å². The number of thiazole rings is 1. The Labute approximate surface area is 170 Å². The third-order valence-electron chi connectivity index (χ3n) is 4.27. The number of rotatable bonds is 5. The summed E-state index contributed by atoms with van der Waals surface area (Å²) in [6, 6.07) is 3.11. The van der Waals surface area contributed by atoms with Crippen molar-refractivity contribution in [2.24, 2.45) is 5.92 Å². The molecule has 1 heterocycles. The first-order valence-electron chi connectivity index (χ1n) is 8.43. The van der Waals surface area contributed by atoms with Crippen LogP contribution in [0.5, 0.6) is 5.75 Å². The third-order valence-corrected chi connectivity index (χ3v) is 5.92. The summed E-state index contributed by atoms with van der Waals surface area (Å²) in [4.78, 5) is 30.1. The average Bonchev–Trinajstić information content (AvgIpc) is 3.04. The number of benzene rings is 1. The Morgan fingerprint density at radius 2 is 2.07 bits per heavy atom. The van der Waals surface area contributed by atoms with Crippen molar-refractivity contribution in [3.05, 3.63) is 38.3 Å². The van der Waals surface area contributed by atoms with E-state index in [1.165, 1.54) is 24.5 Å². The summed E-state index contributed by atoms with van der Waals surface area (Å²) in [5.74, 6) is -0.584. The van der Waals surface area contributed by atoms with E-state index in [9.17, 15) is 9.59 Å². The molecule has 3 rings (SSSR count). The summed E-state index contributed by atoms with van der Waals surface area (Å²) in [7, 11) is 1.42. The molecule has 1 unspecified atom stereocenters. The number of carbonyl (C=O) groups excluding carboxylic acids is 2. The van der Waals surface area contributed by atoms with E-state index in [4.69, 9.17) is 32.7 Å². The number of nitrogens with one attached hydrogen (secondary N) is 1. The minimum absolute atomic E-state index is 0.157. The van der Waals surface area contributed by atoms with Crippen molar-refractivity contribution in [3.63, 3.8) is 0 Å². The molecule has 9 heteroatoms. The molecule has 0 spiro atoms. The lowest BCUT2D eigenvalue weighted by Crippen LogP contribution is -2.24. The maximum Gasteiger partial charge on any atom is 0.309 e. The molecular weight excluding hydrogens is 411 g/mol. The highest BCUT2D eigenvalue weighted by molar-refractivity contribution is 7.15. The Morgan fingerprint density at radius 3 is 2.78 bits per heavy atom. The number of hydrogen-bond donors (Lipinski definition) is 1. The predicted molar refractivity (Wildman–Crippen MR) is 105 cm³/mol. The zero-order chi connectivity index (χ0) is 19.6. The van der Waals surface area contributed by atoms with E-state index in [1.54, 1.807) is 13.0 Å². The number of ether oxygens (including phenoxy) is 2. The number of fused-ring (bicyclic) bond motifs is 1. The first kappa shape index (κ1) is 19.9. The monoisotopic (exact) mass is 428 g/mol. The maximum atomic E-state index is 12.7. The summed E-state index contributed by atoms with van der Waals surface area (Å²) in [6.45, 7) is 2.16. The number of halogens is 2. The van der Waals surface area contributed by atoms with Crippen LogP contribution < -0.4 is 10.1 Å². The van der Waals surface area contributed by atoms with Gasteiger partial charge in [0, 0.05) is 4.88 Å². The van der Waals surface area contributed by atoms with Gasteiger partial charge in [-0.15, -0.1) is 11.3 Å². The van der Waals surface area contributed by atoms with Gasteiger partial charge in [0.2, 0.25) is 0 Å². The lowest BCUT2D eigenvalue weighted by atomic mass is 9.91. The molecule has 1 aromatic heterocycles. The van der Waals surface area contributed by atoms with Gasteiger partial charge < -0.3 is 9.47 Å². The zero-order valence-corrected chi connectivity index (χ0v) is 17.1. The van der Waals surface area contributed by atoms with Crippen LogP contribution in [-0.2, 0) is 22.4 Å². The number of aryl methyl sites for hydroxylation is 1. The van der Waals surface area contributed by atoms with Crippen LogP contribution in [0.25, 0.3) is 0 Å². The molecule has 1 atom stereocenters. The first-order chi connectivity index (χ1) is 12.9. The van der Waals surface area contributed by atoms with E-state index in [1.807, 2.05) is 0 Å². The summed E-state index contributed by atoms with van der Waals surface area (Å²) in [6.07, 6.45) is 1.94. The molecule has 0 saturated carbocycles. The van der Waals surface area contributed by atoms with E-state index in [-0.39, 0.29) is 28.2 Å². The fourth-order valence-corrected chi connectivity index (χ4v) is 4.55. The molecule has 1 aromatic carbocycles. The van der Waals surface area contributed by atoms with Crippen molar-refractivity contribution < 1.29 is 19.1 Å². The number of esters is 1. The molecule has 0 fully saturated rings. The fourth-order valence-electron chi connectivity index (χ4n) is 2.99. The Bertz CT molecular complexity index is 884. The van der Waals surface area contributed by atoms with E-state index in [0.29, 0.717) is 36.0 Å². The summed E-state index contributed by atoms with van der Waals surface area (Å²) < 4.78 is 10.3. The van der Waals surface area contributed by atoms with Crippen molar-refractivity contribution >= 4 is 51.5 Å². The molecule has 1 amide bonds. The first-order valence-corrected chi connectivity index (χ1v) is 10.00. The second-order valence-electron chi connectivity index (χ2n) is 5.97. The third kappa shape index (κ3) is 4.20. The van der Waals surface area contributed by atoms with Gasteiger partial charge in [0.25, 0.3) is 5.91 Å². The summed E-state index contributed by atoms with van der Waals surface area (Å²) in [5.41, 5.74) is 1.06. The molecule has 1 N–H and O–H groups in total. The van der Waals surface area contributed by atoms with Crippen LogP contribution in [0.2, 0.25) is 10.0 Å². The second kappa shape index (κ2) is 8.46. The average molecular weight is 429 g/mol. The van der Waals surface area contributed by atoms with Gasteiger partial charge in [0.15, 0.2) is 10.9 Å². The largest absolute Gasteiger partial charge is 0.494 e. The highest BCUT2D eigenvalue weighted by Gasteiger charge is 2.29. The van der Waals surface area contributed by atoms with Crippen molar-refractivity contribution in [1.29, 1.82) is 0 Å². The molecular formula is C18H18Cl2N2O4S. The van der Waals surface area contributed by atoms with Gasteiger partial charge in [0.1, 0.15) is 5.56 Å². The molecule has 27 heavy (non-hydrogen) atoms. The van der Waals surface area contributed by atoms with Crippen LogP contribution in [0.1, 0.15) is 34.3 Å². The number of hydrogen-bond acceptors (Lipinski definition) is 6. The standard InChI is InChI=1S/C18H18Cl2N2O4S/c1-3-26-17(24)9-4-7-12-13(8-9)27-18(21-12)22-16(23)14-10(19)5-6-11(20)15(14)25-2/h5-6,9H,3-4,7-8H2,1-2H3,(H,21,22,23).